The molecule has 1 aliphatic carbocycles. The number of pyridine rings is 1. The molecular formula is C24H26N4O3. The van der Waals surface area contributed by atoms with Gasteiger partial charge in [0, 0.05) is 29.4 Å². The molecule has 1 amide bonds. The Hall–Kier alpha value is -3.48. The van der Waals surface area contributed by atoms with Gasteiger partial charge < -0.3 is 10.1 Å². The zero-order valence-electron chi connectivity index (χ0n) is 18.0. The van der Waals surface area contributed by atoms with Crippen LogP contribution >= 0.6 is 0 Å². The predicted molar refractivity (Wildman–Crippen MR) is 120 cm³/mol. The molecule has 7 heteroatoms. The summed E-state index contributed by atoms with van der Waals surface area (Å²) in [6.45, 7) is 6.21. The first-order chi connectivity index (χ1) is 15.0. The molecule has 160 valence electrons. The van der Waals surface area contributed by atoms with Crippen molar-refractivity contribution >= 4 is 34.7 Å². The predicted octanol–water partition coefficient (Wildman–Crippen LogP) is 4.72. The number of amides is 1. The van der Waals surface area contributed by atoms with Crippen LogP contribution in [0.2, 0.25) is 0 Å². The van der Waals surface area contributed by atoms with Gasteiger partial charge in [-0.1, -0.05) is 12.1 Å². The number of aromatic nitrogens is 3. The zero-order valence-corrected chi connectivity index (χ0v) is 18.0. The molecule has 0 atom stereocenters. The molecule has 0 spiro atoms. The van der Waals surface area contributed by atoms with Crippen LogP contribution in [0.3, 0.4) is 0 Å². The van der Waals surface area contributed by atoms with Gasteiger partial charge in [0.05, 0.1) is 23.8 Å². The average Bonchev–Trinajstić information content (AvgIpc) is 3.51. The number of carbonyl (C=O) groups excluding carboxylic acids is 2. The summed E-state index contributed by atoms with van der Waals surface area (Å²) in [5, 5.41) is 8.18. The van der Waals surface area contributed by atoms with E-state index in [-0.39, 0.29) is 17.9 Å². The van der Waals surface area contributed by atoms with E-state index in [1.54, 1.807) is 31.3 Å². The molecule has 1 saturated carbocycles. The molecule has 0 saturated heterocycles. The second kappa shape index (κ2) is 8.71. The normalized spacial score (nSPS) is 13.8. The van der Waals surface area contributed by atoms with Crippen LogP contribution in [0.5, 0.6) is 0 Å². The van der Waals surface area contributed by atoms with Gasteiger partial charge >= 0.3 is 5.97 Å². The highest BCUT2D eigenvalue weighted by molar-refractivity contribution is 6.12. The fourth-order valence-electron chi connectivity index (χ4n) is 3.42. The summed E-state index contributed by atoms with van der Waals surface area (Å²) in [6.07, 6.45) is 7.00. The number of hydrogen-bond donors (Lipinski definition) is 1. The Labute approximate surface area is 181 Å². The topological polar surface area (TPSA) is 86.1 Å². The van der Waals surface area contributed by atoms with Gasteiger partial charge in [0.25, 0.3) is 5.91 Å². The molecule has 4 rings (SSSR count). The molecule has 7 nitrogen and oxygen atoms in total. The van der Waals surface area contributed by atoms with Crippen LogP contribution in [-0.4, -0.2) is 33.2 Å². The largest absolute Gasteiger partial charge is 0.463 e. The van der Waals surface area contributed by atoms with Gasteiger partial charge in [0.2, 0.25) is 0 Å². The first kappa shape index (κ1) is 20.8. The van der Waals surface area contributed by atoms with E-state index in [1.807, 2.05) is 22.9 Å². The van der Waals surface area contributed by atoms with Crippen LogP contribution in [0.1, 0.15) is 67.2 Å². The number of carbonyl (C=O) groups is 2. The molecule has 2 aromatic heterocycles. The molecule has 3 aromatic rings. The van der Waals surface area contributed by atoms with E-state index in [9.17, 15) is 9.59 Å². The Balaban J connectivity index is 1.56. The number of esters is 1. The first-order valence-corrected chi connectivity index (χ1v) is 10.6. The van der Waals surface area contributed by atoms with Crippen LogP contribution in [0.15, 0.2) is 42.6 Å². The number of anilines is 1. The summed E-state index contributed by atoms with van der Waals surface area (Å²) >= 11 is 0. The maximum atomic E-state index is 13.1. The number of nitrogens with one attached hydrogen (secondary N) is 1. The number of hydrogen-bond acceptors (Lipinski definition) is 5. The lowest BCUT2D eigenvalue weighted by molar-refractivity contribution is -0.137. The lowest BCUT2D eigenvalue weighted by Crippen LogP contribution is -2.14. The molecule has 1 aliphatic rings. The van der Waals surface area contributed by atoms with E-state index < -0.39 is 0 Å². The summed E-state index contributed by atoms with van der Waals surface area (Å²) < 4.78 is 6.74. The fraction of sp³-hybridized carbons (Fsp3) is 0.333. The summed E-state index contributed by atoms with van der Waals surface area (Å²) in [4.78, 5) is 29.4. The zero-order chi connectivity index (χ0) is 22.0. The van der Waals surface area contributed by atoms with Gasteiger partial charge in [-0.3, -0.25) is 4.79 Å². The minimum atomic E-state index is -0.380. The van der Waals surface area contributed by atoms with E-state index >= 15 is 0 Å². The van der Waals surface area contributed by atoms with E-state index in [4.69, 9.17) is 9.72 Å². The summed E-state index contributed by atoms with van der Waals surface area (Å²) in [6, 6.07) is 9.34. The van der Waals surface area contributed by atoms with Crippen molar-refractivity contribution in [2.45, 2.75) is 45.6 Å². The fourth-order valence-corrected chi connectivity index (χ4v) is 3.42. The number of fused-ring (bicyclic) bond motifs is 1. The standard InChI is InChI=1S/C24H26N4O3/c1-4-31-22(29)12-7-16-5-10-18(11-6-16)26-24(30)19-13-21(17-8-9-17)27-23-20(19)14-25-28(23)15(2)3/h5-7,10-15,17H,4,8-9H2,1-3H3,(H,26,30)/b12-7+. The average molecular weight is 418 g/mol. The minimum absolute atomic E-state index is 0.158. The smallest absolute Gasteiger partial charge is 0.330 e. The Kier molecular flexibility index (Phi) is 5.84. The number of benzene rings is 1. The van der Waals surface area contributed by atoms with Gasteiger partial charge in [-0.2, -0.15) is 5.10 Å². The lowest BCUT2D eigenvalue weighted by atomic mass is 10.1. The van der Waals surface area contributed by atoms with E-state index in [2.05, 4.69) is 24.3 Å². The third kappa shape index (κ3) is 4.66. The van der Waals surface area contributed by atoms with Crippen LogP contribution in [0.25, 0.3) is 17.1 Å². The van der Waals surface area contributed by atoms with Crippen molar-refractivity contribution in [1.29, 1.82) is 0 Å². The third-order valence-corrected chi connectivity index (χ3v) is 5.18. The number of rotatable bonds is 7. The molecule has 0 bridgehead atoms. The van der Waals surface area contributed by atoms with Crippen molar-refractivity contribution in [2.24, 2.45) is 0 Å². The molecule has 1 aromatic carbocycles. The van der Waals surface area contributed by atoms with Gasteiger partial charge in [-0.25, -0.2) is 14.5 Å². The van der Waals surface area contributed by atoms with Gasteiger partial charge in [-0.05, 0) is 63.5 Å². The summed E-state index contributed by atoms with van der Waals surface area (Å²) in [7, 11) is 0. The molecule has 0 unspecified atom stereocenters. The monoisotopic (exact) mass is 418 g/mol. The molecule has 0 aliphatic heterocycles. The highest BCUT2D eigenvalue weighted by Crippen LogP contribution is 2.40. The van der Waals surface area contributed by atoms with Gasteiger partial charge in [-0.15, -0.1) is 0 Å². The molecule has 1 N–H and O–H groups in total. The highest BCUT2D eigenvalue weighted by Gasteiger charge is 2.28. The van der Waals surface area contributed by atoms with Gasteiger partial charge in [0.1, 0.15) is 0 Å². The maximum Gasteiger partial charge on any atom is 0.330 e. The molecular weight excluding hydrogens is 392 g/mol. The van der Waals surface area contributed by atoms with E-state index in [1.165, 1.54) is 6.08 Å². The number of ether oxygens (including phenoxy) is 1. The van der Waals surface area contributed by atoms with Crippen molar-refractivity contribution in [3.63, 3.8) is 0 Å². The van der Waals surface area contributed by atoms with E-state index in [0.29, 0.717) is 23.8 Å². The van der Waals surface area contributed by atoms with Crippen molar-refractivity contribution in [3.05, 3.63) is 59.4 Å². The molecule has 1 fully saturated rings. The third-order valence-electron chi connectivity index (χ3n) is 5.18. The Bertz CT molecular complexity index is 1140. The SMILES string of the molecule is CCOC(=O)/C=C/c1ccc(NC(=O)c2cc(C3CC3)nc3c2cnn3C(C)C)cc1. The van der Waals surface area contributed by atoms with Crippen molar-refractivity contribution in [3.8, 4) is 0 Å². The first-order valence-electron chi connectivity index (χ1n) is 10.6. The number of nitrogens with zero attached hydrogens (tertiary/aromatic N) is 3. The second-order valence-electron chi connectivity index (χ2n) is 7.95. The van der Waals surface area contributed by atoms with Crippen molar-refractivity contribution < 1.29 is 14.3 Å². The van der Waals surface area contributed by atoms with Crippen LogP contribution in [0, 0.1) is 0 Å². The quantitative estimate of drug-likeness (QED) is 0.443. The Morgan fingerprint density at radius 1 is 1.26 bits per heavy atom. The maximum absolute atomic E-state index is 13.1. The lowest BCUT2D eigenvalue weighted by Gasteiger charge is -2.11. The summed E-state index contributed by atoms with van der Waals surface area (Å²) in [5.74, 6) is -0.139. The second-order valence-corrected chi connectivity index (χ2v) is 7.95. The van der Waals surface area contributed by atoms with Crippen molar-refractivity contribution in [2.75, 3.05) is 11.9 Å². The molecule has 2 heterocycles. The van der Waals surface area contributed by atoms with Gasteiger partial charge in [0.15, 0.2) is 5.65 Å². The minimum Gasteiger partial charge on any atom is -0.463 e. The van der Waals surface area contributed by atoms with Crippen molar-refractivity contribution in [1.82, 2.24) is 14.8 Å². The molecule has 31 heavy (non-hydrogen) atoms. The highest BCUT2D eigenvalue weighted by atomic mass is 16.5. The van der Waals surface area contributed by atoms with Crippen LogP contribution in [0.4, 0.5) is 5.69 Å². The van der Waals surface area contributed by atoms with Crippen LogP contribution in [-0.2, 0) is 9.53 Å². The summed E-state index contributed by atoms with van der Waals surface area (Å²) in [5.41, 5.74) is 3.81. The Morgan fingerprint density at radius 3 is 2.65 bits per heavy atom. The van der Waals surface area contributed by atoms with Crippen LogP contribution < -0.4 is 5.32 Å². The van der Waals surface area contributed by atoms with E-state index in [0.717, 1.165) is 35.1 Å². The molecule has 0 radical (unpaired) electrons. The Morgan fingerprint density at radius 2 is 2.00 bits per heavy atom.